The Morgan fingerprint density at radius 1 is 1.17 bits per heavy atom. The van der Waals surface area contributed by atoms with Crippen molar-refractivity contribution >= 4 is 0 Å². The smallest absolute Gasteiger partial charge is 0.0254 e. The van der Waals surface area contributed by atoms with Gasteiger partial charge in [-0.1, -0.05) is 27.7 Å². The maximum Gasteiger partial charge on any atom is 0.0254 e. The molecular formula is C16H32N2. The van der Waals surface area contributed by atoms with Crippen LogP contribution in [0.4, 0.5) is 0 Å². The number of nitrogens with one attached hydrogen (secondary N) is 1. The zero-order valence-corrected chi connectivity index (χ0v) is 12.8. The minimum absolute atomic E-state index is 0.741. The number of nitrogens with zero attached hydrogens (tertiary/aromatic N) is 1. The van der Waals surface area contributed by atoms with E-state index in [9.17, 15) is 0 Å². The first kappa shape index (κ1) is 14.3. The fourth-order valence-corrected chi connectivity index (χ4v) is 3.60. The lowest BCUT2D eigenvalue weighted by Crippen LogP contribution is -2.54. The van der Waals surface area contributed by atoms with E-state index < -0.39 is 0 Å². The average Bonchev–Trinajstić information content (AvgIpc) is 3.12. The topological polar surface area (TPSA) is 15.3 Å². The van der Waals surface area contributed by atoms with Gasteiger partial charge in [0.2, 0.25) is 0 Å². The Labute approximate surface area is 114 Å². The highest BCUT2D eigenvalue weighted by Gasteiger charge is 2.39. The van der Waals surface area contributed by atoms with Gasteiger partial charge in [-0.25, -0.2) is 0 Å². The Morgan fingerprint density at radius 2 is 1.89 bits per heavy atom. The quantitative estimate of drug-likeness (QED) is 0.780. The first-order chi connectivity index (χ1) is 8.61. The molecule has 0 spiro atoms. The van der Waals surface area contributed by atoms with Crippen molar-refractivity contribution in [2.24, 2.45) is 11.8 Å². The van der Waals surface area contributed by atoms with Gasteiger partial charge in [-0.15, -0.1) is 0 Å². The highest BCUT2D eigenvalue weighted by atomic mass is 15.2. The molecule has 0 aromatic carbocycles. The van der Waals surface area contributed by atoms with Gasteiger partial charge in [-0.05, 0) is 50.5 Å². The van der Waals surface area contributed by atoms with Crippen LogP contribution >= 0.6 is 0 Å². The molecule has 3 unspecified atom stereocenters. The number of hydrogen-bond donors (Lipinski definition) is 1. The maximum atomic E-state index is 3.75. The van der Waals surface area contributed by atoms with Crippen molar-refractivity contribution in [2.45, 2.75) is 77.9 Å². The van der Waals surface area contributed by atoms with Crippen LogP contribution in [0.15, 0.2) is 0 Å². The summed E-state index contributed by atoms with van der Waals surface area (Å²) < 4.78 is 0. The molecule has 2 aliphatic rings. The van der Waals surface area contributed by atoms with Crippen molar-refractivity contribution in [3.8, 4) is 0 Å². The van der Waals surface area contributed by atoms with Crippen molar-refractivity contribution < 1.29 is 0 Å². The van der Waals surface area contributed by atoms with Gasteiger partial charge in [-0.2, -0.15) is 0 Å². The lowest BCUT2D eigenvalue weighted by Gasteiger charge is -2.43. The van der Waals surface area contributed by atoms with Crippen LogP contribution in [0.1, 0.15) is 59.8 Å². The highest BCUT2D eigenvalue weighted by molar-refractivity contribution is 4.96. The number of rotatable bonds is 6. The standard InChI is InChI=1S/C16H32N2/c1-5-17-15-9-6-13(4)10-16(15)18(11-12(2)3)14-7-8-14/h12-17H,5-11H2,1-4H3. The van der Waals surface area contributed by atoms with E-state index in [-0.39, 0.29) is 0 Å². The summed E-state index contributed by atoms with van der Waals surface area (Å²) in [4.78, 5) is 2.85. The predicted molar refractivity (Wildman–Crippen MR) is 78.8 cm³/mol. The summed E-state index contributed by atoms with van der Waals surface area (Å²) in [6, 6.07) is 2.44. The minimum atomic E-state index is 0.741. The fourth-order valence-electron chi connectivity index (χ4n) is 3.60. The second-order valence-corrected chi connectivity index (χ2v) is 6.97. The molecule has 0 aromatic rings. The summed E-state index contributed by atoms with van der Waals surface area (Å²) in [6.07, 6.45) is 7.07. The van der Waals surface area contributed by atoms with E-state index in [1.165, 1.54) is 38.6 Å². The molecule has 0 aliphatic heterocycles. The van der Waals surface area contributed by atoms with Crippen LogP contribution in [0.2, 0.25) is 0 Å². The van der Waals surface area contributed by atoms with Crippen LogP contribution in [-0.4, -0.2) is 36.1 Å². The third-order valence-corrected chi connectivity index (χ3v) is 4.56. The Kier molecular flexibility index (Phi) is 5.08. The zero-order valence-electron chi connectivity index (χ0n) is 12.8. The van der Waals surface area contributed by atoms with Crippen molar-refractivity contribution in [3.63, 3.8) is 0 Å². The van der Waals surface area contributed by atoms with Crippen LogP contribution in [-0.2, 0) is 0 Å². The van der Waals surface area contributed by atoms with E-state index in [1.54, 1.807) is 0 Å². The van der Waals surface area contributed by atoms with Gasteiger partial charge in [0, 0.05) is 24.7 Å². The summed E-state index contributed by atoms with van der Waals surface area (Å²) >= 11 is 0. The van der Waals surface area contributed by atoms with Crippen LogP contribution in [0.3, 0.4) is 0 Å². The molecule has 0 amide bonds. The third kappa shape index (κ3) is 3.71. The average molecular weight is 252 g/mol. The molecule has 18 heavy (non-hydrogen) atoms. The second kappa shape index (κ2) is 6.38. The molecule has 2 nitrogen and oxygen atoms in total. The summed E-state index contributed by atoms with van der Waals surface area (Å²) in [7, 11) is 0. The van der Waals surface area contributed by atoms with Crippen LogP contribution in [0, 0.1) is 11.8 Å². The molecule has 3 atom stereocenters. The molecule has 2 rings (SSSR count). The Balaban J connectivity index is 2.03. The van der Waals surface area contributed by atoms with Gasteiger partial charge in [0.15, 0.2) is 0 Å². The zero-order chi connectivity index (χ0) is 13.1. The van der Waals surface area contributed by atoms with Crippen molar-refractivity contribution in [3.05, 3.63) is 0 Å². The normalized spacial score (nSPS) is 33.3. The Morgan fingerprint density at radius 3 is 2.44 bits per heavy atom. The van der Waals surface area contributed by atoms with E-state index in [0.29, 0.717) is 0 Å². The van der Waals surface area contributed by atoms with Gasteiger partial charge in [-0.3, -0.25) is 4.90 Å². The molecular weight excluding hydrogens is 220 g/mol. The van der Waals surface area contributed by atoms with Crippen LogP contribution in [0.25, 0.3) is 0 Å². The van der Waals surface area contributed by atoms with E-state index >= 15 is 0 Å². The maximum absolute atomic E-state index is 3.75. The lowest BCUT2D eigenvalue weighted by molar-refractivity contribution is 0.0836. The van der Waals surface area contributed by atoms with E-state index in [2.05, 4.69) is 37.9 Å². The molecule has 0 bridgehead atoms. The monoisotopic (exact) mass is 252 g/mol. The number of hydrogen-bond acceptors (Lipinski definition) is 2. The predicted octanol–water partition coefficient (Wildman–Crippen LogP) is 3.27. The van der Waals surface area contributed by atoms with E-state index in [0.717, 1.165) is 36.5 Å². The van der Waals surface area contributed by atoms with Crippen LogP contribution < -0.4 is 5.32 Å². The summed E-state index contributed by atoms with van der Waals surface area (Å²) in [5.74, 6) is 1.71. The largest absolute Gasteiger partial charge is 0.313 e. The van der Waals surface area contributed by atoms with Gasteiger partial charge in [0.1, 0.15) is 0 Å². The Hall–Kier alpha value is -0.0800. The molecule has 2 saturated carbocycles. The van der Waals surface area contributed by atoms with E-state index in [1.807, 2.05) is 0 Å². The molecule has 0 aromatic heterocycles. The molecule has 2 aliphatic carbocycles. The second-order valence-electron chi connectivity index (χ2n) is 6.97. The molecule has 106 valence electrons. The molecule has 0 saturated heterocycles. The van der Waals surface area contributed by atoms with Crippen LogP contribution in [0.5, 0.6) is 0 Å². The van der Waals surface area contributed by atoms with Crippen molar-refractivity contribution in [2.75, 3.05) is 13.1 Å². The third-order valence-electron chi connectivity index (χ3n) is 4.56. The fraction of sp³-hybridized carbons (Fsp3) is 1.00. The first-order valence-electron chi connectivity index (χ1n) is 8.11. The van der Waals surface area contributed by atoms with E-state index in [4.69, 9.17) is 0 Å². The highest BCUT2D eigenvalue weighted by Crippen LogP contribution is 2.36. The summed E-state index contributed by atoms with van der Waals surface area (Å²) in [5, 5.41) is 3.75. The van der Waals surface area contributed by atoms with Crippen molar-refractivity contribution in [1.82, 2.24) is 10.2 Å². The van der Waals surface area contributed by atoms with Gasteiger partial charge >= 0.3 is 0 Å². The number of likely N-dealkylation sites (N-methyl/N-ethyl adjacent to an activating group) is 1. The van der Waals surface area contributed by atoms with Crippen molar-refractivity contribution in [1.29, 1.82) is 0 Å². The molecule has 0 radical (unpaired) electrons. The molecule has 2 fully saturated rings. The Bertz CT molecular complexity index is 247. The van der Waals surface area contributed by atoms with Gasteiger partial charge in [0.05, 0.1) is 0 Å². The lowest BCUT2D eigenvalue weighted by atomic mass is 9.82. The van der Waals surface area contributed by atoms with Gasteiger partial charge in [0.25, 0.3) is 0 Å². The molecule has 1 N–H and O–H groups in total. The van der Waals surface area contributed by atoms with Gasteiger partial charge < -0.3 is 5.32 Å². The molecule has 2 heteroatoms. The molecule has 0 heterocycles. The minimum Gasteiger partial charge on any atom is -0.313 e. The summed E-state index contributed by atoms with van der Waals surface area (Å²) in [5.41, 5.74) is 0. The first-order valence-corrected chi connectivity index (χ1v) is 8.11. The summed E-state index contributed by atoms with van der Waals surface area (Å²) in [6.45, 7) is 11.8. The SMILES string of the molecule is CCNC1CCC(C)CC1N(CC(C)C)C1CC1.